The van der Waals surface area contributed by atoms with E-state index in [0.29, 0.717) is 17.6 Å². The van der Waals surface area contributed by atoms with Gasteiger partial charge in [-0.15, -0.1) is 0 Å². The number of carbonyl (C=O) groups excluding carboxylic acids is 1. The van der Waals surface area contributed by atoms with Crippen molar-refractivity contribution in [1.29, 1.82) is 0 Å². The van der Waals surface area contributed by atoms with Gasteiger partial charge in [0.05, 0.1) is 34.6 Å². The minimum absolute atomic E-state index is 0.0857. The molecule has 0 aliphatic heterocycles. The average Bonchev–Trinajstić information content (AvgIpc) is 3.18. The van der Waals surface area contributed by atoms with Crippen molar-refractivity contribution in [2.75, 3.05) is 0 Å². The zero-order chi connectivity index (χ0) is 22.8. The van der Waals surface area contributed by atoms with Gasteiger partial charge < -0.3 is 10.3 Å². The summed E-state index contributed by atoms with van der Waals surface area (Å²) in [7, 11) is 0. The van der Waals surface area contributed by atoms with Crippen LogP contribution in [0.2, 0.25) is 0 Å². The van der Waals surface area contributed by atoms with Gasteiger partial charge in [-0.2, -0.15) is 5.10 Å². The number of nitrogens with zero attached hydrogens (tertiary/aromatic N) is 3. The van der Waals surface area contributed by atoms with E-state index in [1.165, 1.54) is 4.68 Å². The third kappa shape index (κ3) is 4.42. The second-order valence-electron chi connectivity index (χ2n) is 8.98. The van der Waals surface area contributed by atoms with Gasteiger partial charge >= 0.3 is 0 Å². The number of amides is 1. The molecule has 0 radical (unpaired) electrons. The number of hydrogen-bond donors (Lipinski definition) is 2. The largest absolute Gasteiger partial charge is 0.346 e. The molecule has 1 amide bonds. The van der Waals surface area contributed by atoms with Crippen LogP contribution in [0.15, 0.2) is 53.3 Å². The van der Waals surface area contributed by atoms with Crippen LogP contribution in [-0.2, 0) is 17.8 Å². The molecular weight excluding hydrogens is 402 g/mol. The van der Waals surface area contributed by atoms with Crippen molar-refractivity contribution in [1.82, 2.24) is 25.1 Å². The van der Waals surface area contributed by atoms with E-state index in [0.717, 1.165) is 22.2 Å². The quantitative estimate of drug-likeness (QED) is 0.463. The highest BCUT2D eigenvalue weighted by Crippen LogP contribution is 2.23. The molecule has 2 heterocycles. The summed E-state index contributed by atoms with van der Waals surface area (Å²) in [6.07, 6.45) is 0.0857. The Bertz CT molecular complexity index is 1290. The molecule has 0 fully saturated rings. The molecule has 2 N–H and O–H groups in total. The number of benzene rings is 2. The lowest BCUT2D eigenvalue weighted by molar-refractivity contribution is -0.121. The molecule has 2 aromatic carbocycles. The first-order valence-corrected chi connectivity index (χ1v) is 11.1. The van der Waals surface area contributed by atoms with Crippen molar-refractivity contribution >= 4 is 27.7 Å². The first kappa shape index (κ1) is 21.7. The van der Waals surface area contributed by atoms with Gasteiger partial charge in [0, 0.05) is 11.9 Å². The normalized spacial score (nSPS) is 12.7. The Morgan fingerprint density at radius 1 is 1.03 bits per heavy atom. The molecule has 1 atom stereocenters. The van der Waals surface area contributed by atoms with Crippen LogP contribution in [0.3, 0.4) is 0 Å². The van der Waals surface area contributed by atoms with Crippen molar-refractivity contribution in [3.05, 3.63) is 70.4 Å². The second-order valence-corrected chi connectivity index (χ2v) is 8.98. The fraction of sp³-hybridized carbons (Fsp3) is 0.360. The highest BCUT2D eigenvalue weighted by molar-refractivity contribution is 5.88. The second kappa shape index (κ2) is 8.94. The fourth-order valence-electron chi connectivity index (χ4n) is 3.95. The molecule has 0 spiro atoms. The standard InChI is InChI=1S/C25H29N5O2/c1-15(2)14-30-25(32)18-10-6-5-9-17(18)21(29-30)13-22(31)28-23(16(3)4)24-26-19-11-7-8-12-20(19)27-24/h5-12,15-16,23H,13-14H2,1-4H3,(H,26,27)(H,28,31). The van der Waals surface area contributed by atoms with E-state index in [-0.39, 0.29) is 35.8 Å². The van der Waals surface area contributed by atoms with E-state index in [2.05, 4.69) is 34.2 Å². The number of H-pyrrole nitrogens is 1. The lowest BCUT2D eigenvalue weighted by Gasteiger charge is -2.20. The fourth-order valence-corrected chi connectivity index (χ4v) is 3.95. The lowest BCUT2D eigenvalue weighted by Crippen LogP contribution is -2.34. The molecular formula is C25H29N5O2. The molecule has 4 aromatic rings. The SMILES string of the molecule is CC(C)Cn1nc(CC(=O)NC(c2nc3ccccc3[nH]2)C(C)C)c2ccccc2c1=O. The van der Waals surface area contributed by atoms with Crippen LogP contribution in [0.1, 0.15) is 45.3 Å². The number of rotatable bonds is 7. The number of fused-ring (bicyclic) bond motifs is 2. The molecule has 4 rings (SSSR count). The average molecular weight is 432 g/mol. The summed E-state index contributed by atoms with van der Waals surface area (Å²) in [5, 5.41) is 8.99. The number of hydrogen-bond acceptors (Lipinski definition) is 4. The van der Waals surface area contributed by atoms with Gasteiger partial charge in [0.15, 0.2) is 0 Å². The predicted octanol–water partition coefficient (Wildman–Crippen LogP) is 3.98. The van der Waals surface area contributed by atoms with E-state index in [4.69, 9.17) is 0 Å². The number of para-hydroxylation sites is 2. The molecule has 0 bridgehead atoms. The molecule has 1 unspecified atom stereocenters. The highest BCUT2D eigenvalue weighted by Gasteiger charge is 2.23. The Morgan fingerprint density at radius 2 is 1.72 bits per heavy atom. The van der Waals surface area contributed by atoms with Gasteiger partial charge in [-0.3, -0.25) is 9.59 Å². The van der Waals surface area contributed by atoms with Crippen LogP contribution in [0, 0.1) is 11.8 Å². The van der Waals surface area contributed by atoms with Gasteiger partial charge in [-0.05, 0) is 30.0 Å². The minimum atomic E-state index is -0.261. The zero-order valence-corrected chi connectivity index (χ0v) is 18.9. The van der Waals surface area contributed by atoms with Gasteiger partial charge in [0.25, 0.3) is 5.56 Å². The molecule has 7 nitrogen and oxygen atoms in total. The predicted molar refractivity (Wildman–Crippen MR) is 126 cm³/mol. The smallest absolute Gasteiger partial charge is 0.274 e. The van der Waals surface area contributed by atoms with Gasteiger partial charge in [0.2, 0.25) is 5.91 Å². The number of aromatic amines is 1. The van der Waals surface area contributed by atoms with Gasteiger partial charge in [-0.1, -0.05) is 58.0 Å². The molecule has 7 heteroatoms. The molecule has 0 saturated carbocycles. The molecule has 32 heavy (non-hydrogen) atoms. The summed E-state index contributed by atoms with van der Waals surface area (Å²) in [5.74, 6) is 0.981. The van der Waals surface area contributed by atoms with Gasteiger partial charge in [0.1, 0.15) is 5.82 Å². The number of imidazole rings is 1. The summed E-state index contributed by atoms with van der Waals surface area (Å²) >= 11 is 0. The Hall–Kier alpha value is -3.48. The van der Waals surface area contributed by atoms with Crippen LogP contribution in [0.25, 0.3) is 21.8 Å². The van der Waals surface area contributed by atoms with E-state index < -0.39 is 0 Å². The van der Waals surface area contributed by atoms with E-state index in [1.807, 2.05) is 56.3 Å². The van der Waals surface area contributed by atoms with Crippen LogP contribution in [0.4, 0.5) is 0 Å². The van der Waals surface area contributed by atoms with E-state index in [1.54, 1.807) is 6.07 Å². The van der Waals surface area contributed by atoms with Crippen molar-refractivity contribution in [3.8, 4) is 0 Å². The lowest BCUT2D eigenvalue weighted by atomic mass is 10.0. The topological polar surface area (TPSA) is 92.7 Å². The van der Waals surface area contributed by atoms with Crippen LogP contribution >= 0.6 is 0 Å². The Labute approximate surface area is 186 Å². The van der Waals surface area contributed by atoms with E-state index >= 15 is 0 Å². The molecule has 0 saturated heterocycles. The molecule has 2 aromatic heterocycles. The Kier molecular flexibility index (Phi) is 6.08. The van der Waals surface area contributed by atoms with Crippen LogP contribution in [-0.4, -0.2) is 25.7 Å². The summed E-state index contributed by atoms with van der Waals surface area (Å²) in [5.41, 5.74) is 2.29. The monoisotopic (exact) mass is 431 g/mol. The van der Waals surface area contributed by atoms with Crippen LogP contribution in [0.5, 0.6) is 0 Å². The number of carbonyl (C=O) groups is 1. The number of nitrogens with one attached hydrogen (secondary N) is 2. The third-order valence-corrected chi connectivity index (χ3v) is 5.50. The van der Waals surface area contributed by atoms with Crippen molar-refractivity contribution < 1.29 is 4.79 Å². The highest BCUT2D eigenvalue weighted by atomic mass is 16.2. The molecule has 166 valence electrons. The zero-order valence-electron chi connectivity index (χ0n) is 18.9. The summed E-state index contributed by atoms with van der Waals surface area (Å²) < 4.78 is 1.48. The summed E-state index contributed by atoms with van der Waals surface area (Å²) in [4.78, 5) is 33.9. The molecule has 0 aliphatic carbocycles. The van der Waals surface area contributed by atoms with E-state index in [9.17, 15) is 9.59 Å². The first-order valence-electron chi connectivity index (χ1n) is 11.1. The summed E-state index contributed by atoms with van der Waals surface area (Å²) in [6.45, 7) is 8.68. The Balaban J connectivity index is 1.64. The maximum Gasteiger partial charge on any atom is 0.274 e. The van der Waals surface area contributed by atoms with Crippen molar-refractivity contribution in [3.63, 3.8) is 0 Å². The molecule has 0 aliphatic rings. The first-order chi connectivity index (χ1) is 15.3. The third-order valence-electron chi connectivity index (χ3n) is 5.50. The minimum Gasteiger partial charge on any atom is -0.346 e. The summed E-state index contributed by atoms with van der Waals surface area (Å²) in [6, 6.07) is 14.9. The van der Waals surface area contributed by atoms with Crippen molar-refractivity contribution in [2.45, 2.75) is 46.7 Å². The van der Waals surface area contributed by atoms with Crippen LogP contribution < -0.4 is 10.9 Å². The van der Waals surface area contributed by atoms with Gasteiger partial charge in [-0.25, -0.2) is 9.67 Å². The number of aromatic nitrogens is 4. The maximum atomic E-state index is 13.1. The maximum absolute atomic E-state index is 13.1. The van der Waals surface area contributed by atoms with Crippen molar-refractivity contribution in [2.24, 2.45) is 11.8 Å². The Morgan fingerprint density at radius 3 is 2.41 bits per heavy atom.